The first-order valence-electron chi connectivity index (χ1n) is 6.92. The highest BCUT2D eigenvalue weighted by Gasteiger charge is 2.56. The number of unbranched alkanes of at least 4 members (excludes halogenated alkanes) is 4. The number of esters is 1. The molecule has 0 N–H and O–H groups in total. The lowest BCUT2D eigenvalue weighted by atomic mass is 10.1. The molecule has 0 atom stereocenters. The lowest BCUT2D eigenvalue weighted by molar-refractivity contribution is -0.285. The van der Waals surface area contributed by atoms with Gasteiger partial charge in [0.05, 0.1) is 6.61 Å². The van der Waals surface area contributed by atoms with Crippen molar-refractivity contribution in [2.24, 2.45) is 0 Å². The van der Waals surface area contributed by atoms with Crippen molar-refractivity contribution in [2.45, 2.75) is 63.5 Å². The topological polar surface area (TPSA) is 26.3 Å². The second kappa shape index (κ2) is 9.73. The van der Waals surface area contributed by atoms with Crippen molar-refractivity contribution in [1.29, 1.82) is 0 Å². The van der Waals surface area contributed by atoms with Gasteiger partial charge in [0.25, 0.3) is 0 Å². The Morgan fingerprint density at radius 2 is 1.62 bits per heavy atom. The van der Waals surface area contributed by atoms with E-state index in [4.69, 9.17) is 0 Å². The molecule has 21 heavy (non-hydrogen) atoms. The minimum Gasteiger partial charge on any atom is -0.466 e. The van der Waals surface area contributed by atoms with Gasteiger partial charge in [0, 0.05) is 12.8 Å². The average Bonchev–Trinajstić information content (AvgIpc) is 2.37. The normalized spacial score (nSPS) is 12.2. The third-order valence-electron chi connectivity index (χ3n) is 2.85. The summed E-state index contributed by atoms with van der Waals surface area (Å²) in [5, 5.41) is 0. The molecule has 0 heterocycles. The van der Waals surface area contributed by atoms with Gasteiger partial charge in [-0.15, -0.1) is 6.58 Å². The van der Waals surface area contributed by atoms with Crippen LogP contribution in [0, 0.1) is 0 Å². The number of hydrogen-bond acceptors (Lipinski definition) is 2. The summed E-state index contributed by atoms with van der Waals surface area (Å²) in [6.07, 6.45) is -1.15. The molecule has 0 saturated carbocycles. The van der Waals surface area contributed by atoms with E-state index >= 15 is 0 Å². The first-order valence-corrected chi connectivity index (χ1v) is 6.92. The Kier molecular flexibility index (Phi) is 9.21. The fraction of sp³-hybridized carbons (Fsp3) is 0.786. The van der Waals surface area contributed by atoms with Crippen molar-refractivity contribution in [3.05, 3.63) is 12.7 Å². The van der Waals surface area contributed by atoms with E-state index in [1.165, 1.54) is 0 Å². The van der Waals surface area contributed by atoms with Gasteiger partial charge in [0.15, 0.2) is 0 Å². The van der Waals surface area contributed by atoms with Gasteiger partial charge in [0.1, 0.15) is 0 Å². The van der Waals surface area contributed by atoms with Gasteiger partial charge in [-0.25, -0.2) is 0 Å². The number of ether oxygens (including phenoxy) is 1. The molecule has 0 aromatic heterocycles. The van der Waals surface area contributed by atoms with Crippen molar-refractivity contribution in [1.82, 2.24) is 0 Å². The summed E-state index contributed by atoms with van der Waals surface area (Å²) < 4.78 is 65.2. The summed E-state index contributed by atoms with van der Waals surface area (Å²) in [4.78, 5) is 11.2. The van der Waals surface area contributed by atoms with Crippen molar-refractivity contribution in [2.75, 3.05) is 6.61 Å². The molecule has 124 valence electrons. The highest BCUT2D eigenvalue weighted by Crippen LogP contribution is 2.38. The molecule has 0 radical (unpaired) electrons. The molecule has 0 rings (SSSR count). The second-order valence-electron chi connectivity index (χ2n) is 4.77. The zero-order valence-electron chi connectivity index (χ0n) is 11.9. The molecule has 0 unspecified atom stereocenters. The predicted molar refractivity (Wildman–Crippen MR) is 69.1 cm³/mol. The van der Waals surface area contributed by atoms with Gasteiger partial charge in [-0.3, -0.25) is 4.79 Å². The fourth-order valence-corrected chi connectivity index (χ4v) is 1.61. The average molecular weight is 316 g/mol. The van der Waals surface area contributed by atoms with E-state index in [0.717, 1.165) is 25.7 Å². The smallest absolute Gasteiger partial charge is 0.453 e. The van der Waals surface area contributed by atoms with Crippen molar-refractivity contribution < 1.29 is 31.5 Å². The Hall–Kier alpha value is -1.14. The lowest BCUT2D eigenvalue weighted by Crippen LogP contribution is -2.36. The van der Waals surface area contributed by atoms with E-state index in [1.54, 1.807) is 0 Å². The molecule has 0 fully saturated rings. The number of carbonyl (C=O) groups excluding carboxylic acids is 1. The van der Waals surface area contributed by atoms with Crippen LogP contribution in [0.5, 0.6) is 0 Å². The van der Waals surface area contributed by atoms with E-state index in [0.29, 0.717) is 6.42 Å². The summed E-state index contributed by atoms with van der Waals surface area (Å²) in [6.45, 7) is 3.17. The molecule has 0 amide bonds. The van der Waals surface area contributed by atoms with Crippen molar-refractivity contribution >= 4 is 5.97 Å². The number of allylic oxidation sites excluding steroid dienone is 1. The van der Waals surface area contributed by atoms with Gasteiger partial charge in [-0.1, -0.05) is 18.9 Å². The number of halogens is 5. The first-order chi connectivity index (χ1) is 9.70. The molecule has 0 bridgehead atoms. The zero-order valence-corrected chi connectivity index (χ0v) is 11.9. The maximum absolute atomic E-state index is 12.5. The molecule has 0 aliphatic rings. The third kappa shape index (κ3) is 9.42. The van der Waals surface area contributed by atoms with Gasteiger partial charge in [0.2, 0.25) is 0 Å². The highest BCUT2D eigenvalue weighted by atomic mass is 19.4. The standard InChI is InChI=1S/C14H21F5O2/c1-2-3-4-5-6-7-9-12(20)21-11-8-10-13(15,16)14(17,18)19/h2H,1,3-11H2. The molecular weight excluding hydrogens is 295 g/mol. The number of carbonyl (C=O) groups is 1. The maximum atomic E-state index is 12.5. The minimum atomic E-state index is -5.55. The summed E-state index contributed by atoms with van der Waals surface area (Å²) in [7, 11) is 0. The zero-order chi connectivity index (χ0) is 16.4. The Labute approximate surface area is 121 Å². The SMILES string of the molecule is C=CCCCCCCC(=O)OCCCC(F)(F)C(F)(F)F. The molecule has 0 aromatic rings. The number of alkyl halides is 5. The fourth-order valence-electron chi connectivity index (χ4n) is 1.61. The van der Waals surface area contributed by atoms with E-state index in [-0.39, 0.29) is 6.42 Å². The summed E-state index contributed by atoms with van der Waals surface area (Å²) in [5.74, 6) is -5.29. The Balaban J connectivity index is 3.60. The third-order valence-corrected chi connectivity index (χ3v) is 2.85. The maximum Gasteiger partial charge on any atom is 0.453 e. The van der Waals surface area contributed by atoms with Gasteiger partial charge >= 0.3 is 18.1 Å². The van der Waals surface area contributed by atoms with Crippen LogP contribution in [0.25, 0.3) is 0 Å². The first kappa shape index (κ1) is 19.9. The second-order valence-corrected chi connectivity index (χ2v) is 4.77. The van der Waals surface area contributed by atoms with Crippen molar-refractivity contribution in [3.8, 4) is 0 Å². The van der Waals surface area contributed by atoms with Gasteiger partial charge < -0.3 is 4.74 Å². The van der Waals surface area contributed by atoms with Crippen LogP contribution in [0.3, 0.4) is 0 Å². The number of rotatable bonds is 11. The molecule has 2 nitrogen and oxygen atoms in total. The largest absolute Gasteiger partial charge is 0.466 e. The lowest BCUT2D eigenvalue weighted by Gasteiger charge is -2.19. The van der Waals surface area contributed by atoms with Crippen LogP contribution in [0.1, 0.15) is 51.4 Å². The predicted octanol–water partition coefficient (Wildman–Crippen LogP) is 5.03. The summed E-state index contributed by atoms with van der Waals surface area (Å²) >= 11 is 0. The highest BCUT2D eigenvalue weighted by molar-refractivity contribution is 5.69. The van der Waals surface area contributed by atoms with Crippen molar-refractivity contribution in [3.63, 3.8) is 0 Å². The summed E-state index contributed by atoms with van der Waals surface area (Å²) in [5.41, 5.74) is 0. The van der Waals surface area contributed by atoms with Gasteiger partial charge in [-0.05, 0) is 25.7 Å². The Morgan fingerprint density at radius 1 is 1.00 bits per heavy atom. The minimum absolute atomic E-state index is 0.157. The monoisotopic (exact) mass is 316 g/mol. The molecule has 0 saturated heterocycles. The van der Waals surface area contributed by atoms with E-state index < -0.39 is 37.5 Å². The quantitative estimate of drug-likeness (QED) is 0.231. The molecule has 0 aliphatic carbocycles. The van der Waals surface area contributed by atoms with E-state index in [9.17, 15) is 26.7 Å². The Bertz CT molecular complexity index is 313. The number of hydrogen-bond donors (Lipinski definition) is 0. The van der Waals surface area contributed by atoms with Crippen LogP contribution < -0.4 is 0 Å². The Morgan fingerprint density at radius 3 is 2.19 bits per heavy atom. The molecular formula is C14H21F5O2. The van der Waals surface area contributed by atoms with Crippen LogP contribution in [-0.2, 0) is 9.53 Å². The molecule has 0 aliphatic heterocycles. The molecule has 7 heteroatoms. The van der Waals surface area contributed by atoms with Crippen LogP contribution >= 0.6 is 0 Å². The van der Waals surface area contributed by atoms with E-state index in [2.05, 4.69) is 11.3 Å². The van der Waals surface area contributed by atoms with Crippen LogP contribution in [0.4, 0.5) is 22.0 Å². The van der Waals surface area contributed by atoms with Gasteiger partial charge in [-0.2, -0.15) is 22.0 Å². The van der Waals surface area contributed by atoms with Crippen LogP contribution in [0.15, 0.2) is 12.7 Å². The molecule has 0 aromatic carbocycles. The molecule has 0 spiro atoms. The van der Waals surface area contributed by atoms with Crippen LogP contribution in [-0.4, -0.2) is 24.7 Å². The van der Waals surface area contributed by atoms with E-state index in [1.807, 2.05) is 6.08 Å². The summed E-state index contributed by atoms with van der Waals surface area (Å²) in [6, 6.07) is 0. The van der Waals surface area contributed by atoms with Crippen LogP contribution in [0.2, 0.25) is 0 Å².